The summed E-state index contributed by atoms with van der Waals surface area (Å²) in [5.41, 5.74) is 2.73. The van der Waals surface area contributed by atoms with Gasteiger partial charge in [-0.05, 0) is 50.2 Å². The Labute approximate surface area is 152 Å². The van der Waals surface area contributed by atoms with Gasteiger partial charge in [0.05, 0.1) is 6.61 Å². The van der Waals surface area contributed by atoms with Crippen LogP contribution in [0.25, 0.3) is 11.5 Å². The van der Waals surface area contributed by atoms with Gasteiger partial charge in [0.2, 0.25) is 17.7 Å². The number of aromatic nitrogens is 2. The molecule has 134 valence electrons. The normalized spacial score (nSPS) is 10.5. The van der Waals surface area contributed by atoms with Gasteiger partial charge in [-0.15, -0.1) is 10.2 Å². The van der Waals surface area contributed by atoms with Crippen LogP contribution >= 0.6 is 0 Å². The third-order valence-electron chi connectivity index (χ3n) is 3.75. The average molecular weight is 351 g/mol. The minimum atomic E-state index is -0.107. The average Bonchev–Trinajstić information content (AvgIpc) is 3.11. The SMILES string of the molecule is CCOc1ccc(NC(=O)CCc2nnc(-c3cccc(C)c3)o2)cc1. The van der Waals surface area contributed by atoms with Crippen LogP contribution in [0, 0.1) is 6.92 Å². The number of carbonyl (C=O) groups is 1. The van der Waals surface area contributed by atoms with Crippen molar-refractivity contribution in [1.29, 1.82) is 0 Å². The monoisotopic (exact) mass is 351 g/mol. The summed E-state index contributed by atoms with van der Waals surface area (Å²) in [4.78, 5) is 12.1. The molecule has 1 aromatic heterocycles. The van der Waals surface area contributed by atoms with Gasteiger partial charge in [0.1, 0.15) is 5.75 Å². The molecule has 0 aliphatic heterocycles. The zero-order valence-corrected chi connectivity index (χ0v) is 14.9. The van der Waals surface area contributed by atoms with Crippen LogP contribution in [0.4, 0.5) is 5.69 Å². The second kappa shape index (κ2) is 8.29. The Morgan fingerprint density at radius 3 is 2.69 bits per heavy atom. The van der Waals surface area contributed by atoms with Crippen molar-refractivity contribution < 1.29 is 13.9 Å². The maximum absolute atomic E-state index is 12.1. The Morgan fingerprint density at radius 2 is 1.96 bits per heavy atom. The number of nitrogens with zero attached hydrogens (tertiary/aromatic N) is 2. The number of ether oxygens (including phenoxy) is 1. The molecule has 0 saturated carbocycles. The fourth-order valence-corrected chi connectivity index (χ4v) is 2.49. The lowest BCUT2D eigenvalue weighted by molar-refractivity contribution is -0.116. The van der Waals surface area contributed by atoms with Crippen molar-refractivity contribution in [2.24, 2.45) is 0 Å². The highest BCUT2D eigenvalue weighted by Gasteiger charge is 2.11. The second-order valence-electron chi connectivity index (χ2n) is 5.88. The Bertz CT molecular complexity index is 872. The lowest BCUT2D eigenvalue weighted by atomic mass is 10.1. The van der Waals surface area contributed by atoms with E-state index in [1.165, 1.54) is 0 Å². The molecule has 0 radical (unpaired) electrons. The van der Waals surface area contributed by atoms with Gasteiger partial charge < -0.3 is 14.5 Å². The number of hydrogen-bond acceptors (Lipinski definition) is 5. The molecular weight excluding hydrogens is 330 g/mol. The van der Waals surface area contributed by atoms with E-state index in [1.54, 1.807) is 0 Å². The molecule has 0 aliphatic rings. The van der Waals surface area contributed by atoms with Crippen molar-refractivity contribution in [1.82, 2.24) is 10.2 Å². The fourth-order valence-electron chi connectivity index (χ4n) is 2.49. The molecule has 1 amide bonds. The van der Waals surface area contributed by atoms with Crippen LogP contribution in [0.3, 0.4) is 0 Å². The van der Waals surface area contributed by atoms with Crippen molar-refractivity contribution in [3.8, 4) is 17.2 Å². The molecule has 0 spiro atoms. The van der Waals surface area contributed by atoms with Gasteiger partial charge in [0.15, 0.2) is 0 Å². The first-order valence-electron chi connectivity index (χ1n) is 8.56. The van der Waals surface area contributed by atoms with E-state index in [2.05, 4.69) is 15.5 Å². The molecule has 6 heteroatoms. The maximum atomic E-state index is 12.1. The predicted molar refractivity (Wildman–Crippen MR) is 99.0 cm³/mol. The van der Waals surface area contributed by atoms with Gasteiger partial charge in [0, 0.05) is 24.1 Å². The first-order chi connectivity index (χ1) is 12.6. The van der Waals surface area contributed by atoms with Gasteiger partial charge in [-0.3, -0.25) is 4.79 Å². The van der Waals surface area contributed by atoms with Crippen LogP contribution in [0.15, 0.2) is 52.9 Å². The lowest BCUT2D eigenvalue weighted by Gasteiger charge is -2.06. The summed E-state index contributed by atoms with van der Waals surface area (Å²) < 4.78 is 11.0. The van der Waals surface area contributed by atoms with E-state index in [0.717, 1.165) is 22.6 Å². The number of hydrogen-bond donors (Lipinski definition) is 1. The van der Waals surface area contributed by atoms with Crippen molar-refractivity contribution >= 4 is 11.6 Å². The summed E-state index contributed by atoms with van der Waals surface area (Å²) in [5, 5.41) is 10.9. The molecule has 1 N–H and O–H groups in total. The first-order valence-corrected chi connectivity index (χ1v) is 8.56. The van der Waals surface area contributed by atoms with Crippen molar-refractivity contribution in [2.75, 3.05) is 11.9 Å². The van der Waals surface area contributed by atoms with E-state index >= 15 is 0 Å². The molecule has 26 heavy (non-hydrogen) atoms. The smallest absolute Gasteiger partial charge is 0.247 e. The highest BCUT2D eigenvalue weighted by atomic mass is 16.5. The maximum Gasteiger partial charge on any atom is 0.247 e. The number of aryl methyl sites for hydroxylation is 2. The van der Waals surface area contributed by atoms with Gasteiger partial charge in [-0.2, -0.15) is 0 Å². The largest absolute Gasteiger partial charge is 0.494 e. The van der Waals surface area contributed by atoms with Crippen LogP contribution in [-0.2, 0) is 11.2 Å². The zero-order valence-electron chi connectivity index (χ0n) is 14.9. The number of anilines is 1. The van der Waals surface area contributed by atoms with Crippen molar-refractivity contribution in [2.45, 2.75) is 26.7 Å². The van der Waals surface area contributed by atoms with Gasteiger partial charge in [-0.1, -0.05) is 17.7 Å². The van der Waals surface area contributed by atoms with E-state index in [1.807, 2.05) is 62.4 Å². The van der Waals surface area contributed by atoms with Crippen LogP contribution in [-0.4, -0.2) is 22.7 Å². The van der Waals surface area contributed by atoms with Gasteiger partial charge in [-0.25, -0.2) is 0 Å². The van der Waals surface area contributed by atoms with Crippen molar-refractivity contribution in [3.05, 3.63) is 60.0 Å². The highest BCUT2D eigenvalue weighted by Crippen LogP contribution is 2.20. The molecule has 0 atom stereocenters. The molecule has 0 saturated heterocycles. The molecule has 0 unspecified atom stereocenters. The van der Waals surface area contributed by atoms with E-state index in [-0.39, 0.29) is 12.3 Å². The molecular formula is C20H21N3O3. The van der Waals surface area contributed by atoms with E-state index in [0.29, 0.717) is 24.8 Å². The van der Waals surface area contributed by atoms with Crippen molar-refractivity contribution in [3.63, 3.8) is 0 Å². The van der Waals surface area contributed by atoms with Crippen LogP contribution in [0.2, 0.25) is 0 Å². The predicted octanol–water partition coefficient (Wildman–Crippen LogP) is 4.02. The number of carbonyl (C=O) groups excluding carboxylic acids is 1. The summed E-state index contributed by atoms with van der Waals surface area (Å²) in [6, 6.07) is 15.1. The Kier molecular flexibility index (Phi) is 5.63. The van der Waals surface area contributed by atoms with Crippen LogP contribution < -0.4 is 10.1 Å². The summed E-state index contributed by atoms with van der Waals surface area (Å²) >= 11 is 0. The third-order valence-corrected chi connectivity index (χ3v) is 3.75. The van der Waals surface area contributed by atoms with Crippen LogP contribution in [0.1, 0.15) is 24.8 Å². The Morgan fingerprint density at radius 1 is 1.15 bits per heavy atom. The summed E-state index contributed by atoms with van der Waals surface area (Å²) in [6.07, 6.45) is 0.657. The first kappa shape index (κ1) is 17.7. The lowest BCUT2D eigenvalue weighted by Crippen LogP contribution is -2.12. The summed E-state index contributed by atoms with van der Waals surface area (Å²) in [6.45, 7) is 4.55. The molecule has 3 rings (SSSR count). The zero-order chi connectivity index (χ0) is 18.4. The van der Waals surface area contributed by atoms with E-state index < -0.39 is 0 Å². The minimum absolute atomic E-state index is 0.107. The molecule has 1 heterocycles. The number of amides is 1. The summed E-state index contributed by atoms with van der Waals surface area (Å²) in [7, 11) is 0. The summed E-state index contributed by atoms with van der Waals surface area (Å²) in [5.74, 6) is 1.59. The highest BCUT2D eigenvalue weighted by molar-refractivity contribution is 5.90. The molecule has 3 aromatic rings. The van der Waals surface area contributed by atoms with Crippen LogP contribution in [0.5, 0.6) is 5.75 Å². The quantitative estimate of drug-likeness (QED) is 0.696. The number of nitrogens with one attached hydrogen (secondary N) is 1. The fraction of sp³-hybridized carbons (Fsp3) is 0.250. The minimum Gasteiger partial charge on any atom is -0.494 e. The second-order valence-corrected chi connectivity index (χ2v) is 5.88. The molecule has 2 aromatic carbocycles. The Balaban J connectivity index is 1.53. The number of benzene rings is 2. The third kappa shape index (κ3) is 4.69. The Hall–Kier alpha value is -3.15. The molecule has 0 aliphatic carbocycles. The topological polar surface area (TPSA) is 77.2 Å². The number of rotatable bonds is 7. The standard InChI is InChI=1S/C20H21N3O3/c1-3-25-17-9-7-16(8-10-17)21-18(24)11-12-19-22-23-20(26-19)15-6-4-5-14(2)13-15/h4-10,13H,3,11-12H2,1-2H3,(H,21,24). The van der Waals surface area contributed by atoms with E-state index in [9.17, 15) is 4.79 Å². The molecule has 6 nitrogen and oxygen atoms in total. The van der Waals surface area contributed by atoms with Gasteiger partial charge in [0.25, 0.3) is 0 Å². The molecule has 0 fully saturated rings. The van der Waals surface area contributed by atoms with E-state index in [4.69, 9.17) is 9.15 Å². The molecule has 0 bridgehead atoms. The van der Waals surface area contributed by atoms with Gasteiger partial charge >= 0.3 is 0 Å².